The van der Waals surface area contributed by atoms with Gasteiger partial charge in [0.05, 0.1) is 18.8 Å². The van der Waals surface area contributed by atoms with Gasteiger partial charge in [0.25, 0.3) is 5.91 Å². The maximum absolute atomic E-state index is 11.0. The fourth-order valence-corrected chi connectivity index (χ4v) is 3.27. The lowest BCUT2D eigenvalue weighted by Crippen LogP contribution is -2.34. The third kappa shape index (κ3) is 4.54. The van der Waals surface area contributed by atoms with Crippen molar-refractivity contribution in [2.45, 2.75) is 24.9 Å². The number of aliphatic hydroxyl groups excluding tert-OH is 1. The molecule has 1 aliphatic rings. The Morgan fingerprint density at radius 3 is 2.88 bits per heavy atom. The molecule has 0 aliphatic carbocycles. The molecule has 1 aliphatic heterocycles. The molecule has 0 saturated carbocycles. The number of hydroxylamine groups is 1. The van der Waals surface area contributed by atoms with E-state index in [1.54, 1.807) is 10.9 Å². The van der Waals surface area contributed by atoms with E-state index in [0.29, 0.717) is 5.69 Å². The number of carbonyl (C=O) groups excluding carboxylic acids is 1. The van der Waals surface area contributed by atoms with E-state index in [9.17, 15) is 9.90 Å². The molecule has 1 aromatic heterocycles. The molecule has 0 radical (unpaired) electrons. The molecule has 0 unspecified atom stereocenters. The topological polar surface area (TPSA) is 104 Å². The van der Waals surface area contributed by atoms with Crippen LogP contribution in [0.5, 0.6) is 0 Å². The van der Waals surface area contributed by atoms with E-state index in [2.05, 4.69) is 27.3 Å². The van der Waals surface area contributed by atoms with Crippen LogP contribution in [0.3, 0.4) is 0 Å². The lowest BCUT2D eigenvalue weighted by atomic mass is 10.1. The number of hydrogen-bond donors (Lipinski definition) is 3. The zero-order valence-corrected chi connectivity index (χ0v) is 14.4. The Hall–Kier alpha value is -2.55. The van der Waals surface area contributed by atoms with Gasteiger partial charge in [-0.1, -0.05) is 35.5 Å². The highest BCUT2D eigenvalue weighted by atomic mass is 16.5. The summed E-state index contributed by atoms with van der Waals surface area (Å²) in [5, 5.41) is 26.4. The van der Waals surface area contributed by atoms with Gasteiger partial charge in [-0.05, 0) is 24.5 Å². The predicted molar refractivity (Wildman–Crippen MR) is 95.2 cm³/mol. The van der Waals surface area contributed by atoms with E-state index >= 15 is 0 Å². The Morgan fingerprint density at radius 2 is 2.15 bits per heavy atom. The summed E-state index contributed by atoms with van der Waals surface area (Å²) in [7, 11) is 0. The molecule has 3 rings (SSSR count). The number of hydrogen-bond acceptors (Lipinski definition) is 6. The van der Waals surface area contributed by atoms with Gasteiger partial charge in [0.1, 0.15) is 5.69 Å². The van der Waals surface area contributed by atoms with Gasteiger partial charge in [0.2, 0.25) is 0 Å². The molecule has 2 atom stereocenters. The van der Waals surface area contributed by atoms with Crippen LogP contribution in [-0.4, -0.2) is 61.9 Å². The van der Waals surface area contributed by atoms with E-state index in [1.165, 1.54) is 23.2 Å². The normalized spacial score (nSPS) is 20.7. The molecule has 2 aromatic rings. The van der Waals surface area contributed by atoms with Crippen LogP contribution in [0.15, 0.2) is 42.6 Å². The lowest BCUT2D eigenvalue weighted by molar-refractivity contribution is -0.124. The Balaban J connectivity index is 1.60. The van der Waals surface area contributed by atoms with Gasteiger partial charge in [0, 0.05) is 25.2 Å². The molecule has 1 saturated heterocycles. The Morgan fingerprint density at radius 1 is 1.35 bits per heavy atom. The molecule has 1 fully saturated rings. The average molecular weight is 357 g/mol. The first-order valence-electron chi connectivity index (χ1n) is 8.62. The van der Waals surface area contributed by atoms with Crippen LogP contribution < -0.4 is 5.48 Å². The van der Waals surface area contributed by atoms with Gasteiger partial charge < -0.3 is 5.11 Å². The largest absolute Gasteiger partial charge is 0.395 e. The SMILES string of the molecule is O=C(/C=C/c1cn([C@@H]2C[C@@H](CO)N(CCc3ccccc3)C2)nn1)NO. The summed E-state index contributed by atoms with van der Waals surface area (Å²) >= 11 is 0. The maximum Gasteiger partial charge on any atom is 0.267 e. The molecule has 2 heterocycles. The number of benzene rings is 1. The van der Waals surface area contributed by atoms with Gasteiger partial charge in [-0.15, -0.1) is 5.10 Å². The van der Waals surface area contributed by atoms with Crippen LogP contribution in [0.1, 0.15) is 23.7 Å². The molecule has 1 amide bonds. The van der Waals surface area contributed by atoms with Crippen LogP contribution >= 0.6 is 0 Å². The third-order valence-electron chi connectivity index (χ3n) is 4.66. The molecule has 3 N–H and O–H groups in total. The molecule has 138 valence electrons. The molecule has 1 aromatic carbocycles. The van der Waals surface area contributed by atoms with E-state index in [1.807, 2.05) is 18.2 Å². The summed E-state index contributed by atoms with van der Waals surface area (Å²) in [6.45, 7) is 1.79. The highest BCUT2D eigenvalue weighted by Crippen LogP contribution is 2.27. The molecule has 0 bridgehead atoms. The second kappa shape index (κ2) is 8.70. The van der Waals surface area contributed by atoms with Crippen molar-refractivity contribution in [1.29, 1.82) is 0 Å². The monoisotopic (exact) mass is 357 g/mol. The number of nitrogens with zero attached hydrogens (tertiary/aromatic N) is 4. The second-order valence-corrected chi connectivity index (χ2v) is 6.39. The number of rotatable bonds is 7. The van der Waals surface area contributed by atoms with E-state index in [0.717, 1.165) is 25.9 Å². The smallest absolute Gasteiger partial charge is 0.267 e. The Bertz CT molecular complexity index is 746. The van der Waals surface area contributed by atoms with Crippen LogP contribution in [0.4, 0.5) is 0 Å². The van der Waals surface area contributed by atoms with Crippen LogP contribution in [-0.2, 0) is 11.2 Å². The summed E-state index contributed by atoms with van der Waals surface area (Å²) in [6, 6.07) is 10.5. The lowest BCUT2D eigenvalue weighted by Gasteiger charge is -2.22. The molecular weight excluding hydrogens is 334 g/mol. The molecule has 8 heteroatoms. The quantitative estimate of drug-likeness (QED) is 0.382. The van der Waals surface area contributed by atoms with Crippen LogP contribution in [0.2, 0.25) is 0 Å². The maximum atomic E-state index is 11.0. The predicted octanol–water partition coefficient (Wildman–Crippen LogP) is 0.647. The molecule has 8 nitrogen and oxygen atoms in total. The third-order valence-corrected chi connectivity index (χ3v) is 4.66. The summed E-state index contributed by atoms with van der Waals surface area (Å²) < 4.78 is 1.78. The highest BCUT2D eigenvalue weighted by molar-refractivity contribution is 5.90. The number of nitrogens with one attached hydrogen (secondary N) is 1. The first-order valence-corrected chi connectivity index (χ1v) is 8.62. The summed E-state index contributed by atoms with van der Waals surface area (Å²) in [5.74, 6) is -0.618. The number of aliphatic hydroxyl groups is 1. The van der Waals surface area contributed by atoms with Crippen molar-refractivity contribution in [2.24, 2.45) is 0 Å². The van der Waals surface area contributed by atoms with Gasteiger partial charge >= 0.3 is 0 Å². The van der Waals surface area contributed by atoms with Crippen molar-refractivity contribution in [1.82, 2.24) is 25.4 Å². The summed E-state index contributed by atoms with van der Waals surface area (Å²) in [5.41, 5.74) is 3.35. The van der Waals surface area contributed by atoms with E-state index in [4.69, 9.17) is 5.21 Å². The average Bonchev–Trinajstić information content (AvgIpc) is 3.31. The minimum atomic E-state index is -0.618. The van der Waals surface area contributed by atoms with E-state index < -0.39 is 5.91 Å². The van der Waals surface area contributed by atoms with Crippen molar-refractivity contribution < 1.29 is 15.1 Å². The van der Waals surface area contributed by atoms with Crippen molar-refractivity contribution in [3.63, 3.8) is 0 Å². The Labute approximate surface area is 151 Å². The fourth-order valence-electron chi connectivity index (χ4n) is 3.27. The second-order valence-electron chi connectivity index (χ2n) is 6.39. The number of aromatic nitrogens is 3. The fraction of sp³-hybridized carbons (Fsp3) is 0.389. The standard InChI is InChI=1S/C18H23N5O3/c24-13-17-10-16(12-22(17)9-8-14-4-2-1-3-5-14)23-11-15(19-21-23)6-7-18(25)20-26/h1-7,11,16-17,24,26H,8-10,12-13H2,(H,20,25)/b7-6+/t16-,17+/m1/s1. The summed E-state index contributed by atoms with van der Waals surface area (Å²) in [4.78, 5) is 13.3. The molecule has 0 spiro atoms. The van der Waals surface area contributed by atoms with Crippen molar-refractivity contribution >= 4 is 12.0 Å². The van der Waals surface area contributed by atoms with E-state index in [-0.39, 0.29) is 18.7 Å². The van der Waals surface area contributed by atoms with Crippen LogP contribution in [0, 0.1) is 0 Å². The van der Waals surface area contributed by atoms with Crippen molar-refractivity contribution in [3.05, 3.63) is 53.9 Å². The first-order chi connectivity index (χ1) is 12.7. The minimum absolute atomic E-state index is 0.104. The Kier molecular flexibility index (Phi) is 6.11. The first kappa shape index (κ1) is 18.2. The van der Waals surface area contributed by atoms with Gasteiger partial charge in [0.15, 0.2) is 0 Å². The van der Waals surface area contributed by atoms with Gasteiger partial charge in [-0.2, -0.15) is 0 Å². The molecular formula is C18H23N5O3. The van der Waals surface area contributed by atoms with Crippen molar-refractivity contribution in [3.8, 4) is 0 Å². The van der Waals surface area contributed by atoms with Crippen LogP contribution in [0.25, 0.3) is 6.08 Å². The number of carbonyl (C=O) groups is 1. The minimum Gasteiger partial charge on any atom is -0.395 e. The zero-order chi connectivity index (χ0) is 18.4. The number of likely N-dealkylation sites (tertiary alicyclic amines) is 1. The van der Waals surface area contributed by atoms with Crippen molar-refractivity contribution in [2.75, 3.05) is 19.7 Å². The zero-order valence-electron chi connectivity index (χ0n) is 14.4. The highest BCUT2D eigenvalue weighted by Gasteiger charge is 2.32. The number of amides is 1. The molecule has 26 heavy (non-hydrogen) atoms. The van der Waals surface area contributed by atoms with Gasteiger partial charge in [-0.25, -0.2) is 10.2 Å². The summed E-state index contributed by atoms with van der Waals surface area (Å²) in [6.07, 6.45) is 6.17. The van der Waals surface area contributed by atoms with Gasteiger partial charge in [-0.3, -0.25) is 14.9 Å².